The minimum atomic E-state index is -0.166. The molecule has 4 saturated carbocycles. The monoisotopic (exact) mass is 378 g/mol. The van der Waals surface area contributed by atoms with Gasteiger partial charge in [-0.2, -0.15) is 5.26 Å². The Morgan fingerprint density at radius 3 is 2.52 bits per heavy atom. The number of hydrogen-bond donors (Lipinski definition) is 2. The molecule has 0 unspecified atom stereocenters. The molecular weight excluding hydrogens is 356 g/mol. The first kappa shape index (κ1) is 15.8. The molecule has 1 atom stereocenters. The second kappa shape index (κ2) is 5.39. The molecule has 2 aromatic rings. The number of nitrogens with two attached hydrogens (primary N) is 1. The Hall–Kier alpha value is -2.26. The maximum absolute atomic E-state index is 9.82. The molecular formula is C21H22N4OS. The van der Waals surface area contributed by atoms with E-state index < -0.39 is 0 Å². The number of ether oxygens (including phenoxy) is 1. The number of rotatable bonds is 2. The molecule has 7 rings (SSSR count). The number of aromatic amines is 1. The van der Waals surface area contributed by atoms with Gasteiger partial charge in [0.05, 0.1) is 11.5 Å². The normalized spacial score (nSPS) is 36.4. The van der Waals surface area contributed by atoms with Gasteiger partial charge < -0.3 is 10.5 Å². The third-order valence-electron chi connectivity index (χ3n) is 7.34. The van der Waals surface area contributed by atoms with Crippen LogP contribution in [0.4, 0.5) is 0 Å². The van der Waals surface area contributed by atoms with Gasteiger partial charge in [0.2, 0.25) is 11.8 Å². The van der Waals surface area contributed by atoms with E-state index in [4.69, 9.17) is 10.5 Å². The standard InChI is InChI=1S/C21H22N4OS/c22-10-14-16(15-2-1-3-27-15)17-18(24-25-20(17)26-19(14)23)21-7-11-4-12(8-21)6-13(5-11)9-21/h1-3,11-13,16H,4-9,23H2,(H,24,25)/t11?,12?,13?,16-,21?/m0/s1. The van der Waals surface area contributed by atoms with Crippen LogP contribution in [0.1, 0.15) is 60.6 Å². The van der Waals surface area contributed by atoms with Gasteiger partial charge in [-0.15, -0.1) is 16.4 Å². The van der Waals surface area contributed by atoms with Crippen molar-refractivity contribution >= 4 is 11.3 Å². The van der Waals surface area contributed by atoms with Crippen LogP contribution >= 0.6 is 11.3 Å². The number of nitrogens with zero attached hydrogens (tertiary/aromatic N) is 2. The van der Waals surface area contributed by atoms with Crippen LogP contribution in [-0.2, 0) is 5.41 Å². The van der Waals surface area contributed by atoms with Crippen molar-refractivity contribution in [2.24, 2.45) is 23.5 Å². The second-order valence-corrected chi connectivity index (χ2v) is 9.93. The first-order chi connectivity index (χ1) is 13.2. The van der Waals surface area contributed by atoms with Crippen molar-refractivity contribution in [3.05, 3.63) is 45.1 Å². The molecule has 0 amide bonds. The average Bonchev–Trinajstić information content (AvgIpc) is 3.29. The SMILES string of the molecule is N#CC1=C(N)Oc2n[nH]c(C34CC5CC(CC(C5)C3)C4)c2[C@@H]1c1cccs1. The Kier molecular flexibility index (Phi) is 3.14. The lowest BCUT2D eigenvalue weighted by Crippen LogP contribution is -2.49. The van der Waals surface area contributed by atoms with E-state index in [9.17, 15) is 5.26 Å². The molecule has 2 aromatic heterocycles. The molecule has 0 saturated heterocycles. The lowest BCUT2D eigenvalue weighted by atomic mass is 9.48. The van der Waals surface area contributed by atoms with Crippen molar-refractivity contribution in [1.29, 1.82) is 5.26 Å². The summed E-state index contributed by atoms with van der Waals surface area (Å²) in [4.78, 5) is 1.13. The number of H-pyrrole nitrogens is 1. The molecule has 5 nitrogen and oxygen atoms in total. The largest absolute Gasteiger partial charge is 0.420 e. The van der Waals surface area contributed by atoms with Crippen molar-refractivity contribution in [1.82, 2.24) is 10.2 Å². The molecule has 0 aromatic carbocycles. The summed E-state index contributed by atoms with van der Waals surface area (Å²) in [6, 6.07) is 6.44. The first-order valence-corrected chi connectivity index (χ1v) is 10.7. The fraction of sp³-hybridized carbons (Fsp3) is 0.524. The zero-order valence-electron chi connectivity index (χ0n) is 15.1. The van der Waals surface area contributed by atoms with E-state index >= 15 is 0 Å². The number of hydrogen-bond acceptors (Lipinski definition) is 5. The maximum Gasteiger partial charge on any atom is 0.244 e. The molecule has 4 aliphatic carbocycles. The molecule has 3 heterocycles. The van der Waals surface area contributed by atoms with Gasteiger partial charge in [0.1, 0.15) is 11.6 Å². The lowest BCUT2D eigenvalue weighted by Gasteiger charge is -2.56. The van der Waals surface area contributed by atoms with Gasteiger partial charge in [0, 0.05) is 16.0 Å². The molecule has 0 spiro atoms. The number of nitriles is 1. The Balaban J connectivity index is 1.53. The Morgan fingerprint density at radius 1 is 1.22 bits per heavy atom. The van der Waals surface area contributed by atoms with Crippen molar-refractivity contribution in [3.8, 4) is 11.9 Å². The summed E-state index contributed by atoms with van der Waals surface area (Å²) >= 11 is 1.67. The van der Waals surface area contributed by atoms with E-state index in [1.54, 1.807) is 11.3 Å². The summed E-state index contributed by atoms with van der Waals surface area (Å²) < 4.78 is 5.80. The van der Waals surface area contributed by atoms with Gasteiger partial charge in [-0.05, 0) is 67.7 Å². The van der Waals surface area contributed by atoms with Gasteiger partial charge in [0.15, 0.2) is 0 Å². The van der Waals surface area contributed by atoms with Crippen molar-refractivity contribution < 1.29 is 4.74 Å². The minimum Gasteiger partial charge on any atom is -0.420 e. The summed E-state index contributed by atoms with van der Waals surface area (Å²) in [5.74, 6) is 3.12. The molecule has 27 heavy (non-hydrogen) atoms. The van der Waals surface area contributed by atoms with E-state index in [0.29, 0.717) is 11.5 Å². The average molecular weight is 379 g/mol. The Bertz CT molecular complexity index is 945. The van der Waals surface area contributed by atoms with Crippen LogP contribution in [0.5, 0.6) is 5.88 Å². The summed E-state index contributed by atoms with van der Waals surface area (Å²) in [5.41, 5.74) is 9.06. The van der Waals surface area contributed by atoms with Crippen LogP contribution in [0, 0.1) is 29.1 Å². The first-order valence-electron chi connectivity index (χ1n) is 9.86. The fourth-order valence-corrected chi connectivity index (χ4v) is 7.65. The highest BCUT2D eigenvalue weighted by atomic mass is 32.1. The smallest absolute Gasteiger partial charge is 0.244 e. The zero-order chi connectivity index (χ0) is 18.2. The highest BCUT2D eigenvalue weighted by Crippen LogP contribution is 2.62. The summed E-state index contributed by atoms with van der Waals surface area (Å²) in [6.45, 7) is 0. The lowest BCUT2D eigenvalue weighted by molar-refractivity contribution is -0.00767. The molecule has 4 fully saturated rings. The highest BCUT2D eigenvalue weighted by Gasteiger charge is 2.54. The summed E-state index contributed by atoms with van der Waals surface area (Å²) in [5, 5.41) is 19.8. The van der Waals surface area contributed by atoms with E-state index in [2.05, 4.69) is 27.7 Å². The van der Waals surface area contributed by atoms with Crippen molar-refractivity contribution in [2.45, 2.75) is 49.9 Å². The molecule has 5 aliphatic rings. The topological polar surface area (TPSA) is 87.7 Å². The molecule has 4 bridgehead atoms. The number of allylic oxidation sites excluding steroid dienone is 1. The van der Waals surface area contributed by atoms with Crippen molar-refractivity contribution in [2.75, 3.05) is 0 Å². The van der Waals surface area contributed by atoms with Crippen LogP contribution < -0.4 is 10.5 Å². The van der Waals surface area contributed by atoms with Crippen LogP contribution in [0.2, 0.25) is 0 Å². The fourth-order valence-electron chi connectivity index (χ4n) is 6.81. The number of fused-ring (bicyclic) bond motifs is 1. The third kappa shape index (κ3) is 2.12. The quantitative estimate of drug-likeness (QED) is 0.821. The van der Waals surface area contributed by atoms with E-state index in [1.807, 2.05) is 6.07 Å². The molecule has 1 aliphatic heterocycles. The van der Waals surface area contributed by atoms with E-state index in [0.717, 1.165) is 28.2 Å². The van der Waals surface area contributed by atoms with Crippen LogP contribution in [-0.4, -0.2) is 10.2 Å². The van der Waals surface area contributed by atoms with Gasteiger partial charge in [0.25, 0.3) is 0 Å². The van der Waals surface area contributed by atoms with Gasteiger partial charge in [-0.1, -0.05) is 6.07 Å². The number of aromatic nitrogens is 2. The zero-order valence-corrected chi connectivity index (χ0v) is 15.9. The molecule has 138 valence electrons. The third-order valence-corrected chi connectivity index (χ3v) is 8.27. The minimum absolute atomic E-state index is 0.166. The van der Waals surface area contributed by atoms with E-state index in [-0.39, 0.29) is 17.2 Å². The van der Waals surface area contributed by atoms with Crippen molar-refractivity contribution in [3.63, 3.8) is 0 Å². The number of nitrogens with one attached hydrogen (secondary N) is 1. The predicted molar refractivity (Wildman–Crippen MR) is 102 cm³/mol. The van der Waals surface area contributed by atoms with E-state index in [1.165, 1.54) is 44.2 Å². The summed E-state index contributed by atoms with van der Waals surface area (Å²) in [6.07, 6.45) is 7.92. The summed E-state index contributed by atoms with van der Waals surface area (Å²) in [7, 11) is 0. The predicted octanol–water partition coefficient (Wildman–Crippen LogP) is 4.16. The Morgan fingerprint density at radius 2 is 1.93 bits per heavy atom. The Labute approximate surface area is 162 Å². The molecule has 3 N–H and O–H groups in total. The van der Waals surface area contributed by atoms with Gasteiger partial charge in [-0.25, -0.2) is 0 Å². The van der Waals surface area contributed by atoms with Gasteiger partial charge in [-0.3, -0.25) is 5.10 Å². The van der Waals surface area contributed by atoms with Crippen LogP contribution in [0.15, 0.2) is 29.0 Å². The van der Waals surface area contributed by atoms with Gasteiger partial charge >= 0.3 is 0 Å². The second-order valence-electron chi connectivity index (χ2n) is 8.96. The highest BCUT2D eigenvalue weighted by molar-refractivity contribution is 7.10. The maximum atomic E-state index is 9.82. The van der Waals surface area contributed by atoms with Crippen LogP contribution in [0.25, 0.3) is 0 Å². The van der Waals surface area contributed by atoms with Crippen LogP contribution in [0.3, 0.4) is 0 Å². The number of thiophene rings is 1. The molecule has 6 heteroatoms. The molecule has 0 radical (unpaired) electrons.